The number of aromatic nitrogens is 2. The van der Waals surface area contributed by atoms with Crippen LogP contribution in [0, 0.1) is 6.92 Å². The van der Waals surface area contributed by atoms with Crippen LogP contribution in [-0.4, -0.2) is 45.0 Å². The first-order valence-corrected chi connectivity index (χ1v) is 10.3. The molecule has 2 aliphatic rings. The topological polar surface area (TPSA) is 95.7 Å². The standard InChI is InChI=1S/C23H24N4O3/c1-14-10-16-6-5-15(17-11-18(17)19-4-2-3-8-24-19)12-27(16)20(14)21(29)26-23(13-28)7-9-25-22(23)30/h2-6,8,10,12,17-18,28H,7,9,11,13H2,1H3,(H,25,30)(H,26,29). The largest absolute Gasteiger partial charge is 0.393 e. The van der Waals surface area contributed by atoms with E-state index >= 15 is 0 Å². The lowest BCUT2D eigenvalue weighted by molar-refractivity contribution is -0.125. The monoisotopic (exact) mass is 404 g/mol. The Morgan fingerprint density at radius 2 is 2.20 bits per heavy atom. The number of carbonyl (C=O) groups excluding carboxylic acids is 2. The molecule has 4 heterocycles. The van der Waals surface area contributed by atoms with Gasteiger partial charge in [-0.15, -0.1) is 0 Å². The van der Waals surface area contributed by atoms with E-state index in [1.807, 2.05) is 48.0 Å². The van der Waals surface area contributed by atoms with Crippen LogP contribution in [0.3, 0.4) is 0 Å². The maximum absolute atomic E-state index is 13.2. The zero-order valence-corrected chi connectivity index (χ0v) is 16.8. The number of hydrogen-bond acceptors (Lipinski definition) is 4. The summed E-state index contributed by atoms with van der Waals surface area (Å²) in [4.78, 5) is 29.8. The van der Waals surface area contributed by atoms with Crippen molar-refractivity contribution in [2.45, 2.75) is 37.1 Å². The predicted octanol–water partition coefficient (Wildman–Crippen LogP) is 1.89. The molecule has 7 heteroatoms. The minimum atomic E-state index is -1.26. The highest BCUT2D eigenvalue weighted by Crippen LogP contribution is 2.54. The number of carbonyl (C=O) groups is 2. The lowest BCUT2D eigenvalue weighted by Gasteiger charge is -2.25. The molecule has 3 atom stereocenters. The Hall–Kier alpha value is -3.19. The summed E-state index contributed by atoms with van der Waals surface area (Å²) in [5, 5.41) is 15.3. The van der Waals surface area contributed by atoms with E-state index in [2.05, 4.69) is 27.8 Å². The molecule has 30 heavy (non-hydrogen) atoms. The fourth-order valence-electron chi connectivity index (χ4n) is 4.57. The Bertz CT molecular complexity index is 1140. The maximum Gasteiger partial charge on any atom is 0.269 e. The minimum absolute atomic E-state index is 0.339. The van der Waals surface area contributed by atoms with Crippen molar-refractivity contribution < 1.29 is 14.7 Å². The molecule has 3 N–H and O–H groups in total. The van der Waals surface area contributed by atoms with E-state index in [4.69, 9.17) is 0 Å². The van der Waals surface area contributed by atoms with Crippen LogP contribution in [0.25, 0.3) is 5.52 Å². The molecule has 3 aromatic rings. The normalized spacial score (nSPS) is 25.3. The molecular weight excluding hydrogens is 380 g/mol. The third-order valence-electron chi connectivity index (χ3n) is 6.38. The van der Waals surface area contributed by atoms with Crippen LogP contribution in [0.5, 0.6) is 0 Å². The fourth-order valence-corrected chi connectivity index (χ4v) is 4.57. The number of pyridine rings is 2. The van der Waals surface area contributed by atoms with Gasteiger partial charge in [-0.1, -0.05) is 12.1 Å². The van der Waals surface area contributed by atoms with Gasteiger partial charge in [0, 0.05) is 36.1 Å². The van der Waals surface area contributed by atoms with Crippen LogP contribution in [0.1, 0.15) is 52.0 Å². The molecule has 3 unspecified atom stereocenters. The minimum Gasteiger partial charge on any atom is -0.393 e. The van der Waals surface area contributed by atoms with Gasteiger partial charge in [-0.05, 0) is 61.1 Å². The number of fused-ring (bicyclic) bond motifs is 1. The highest BCUT2D eigenvalue weighted by molar-refractivity contribution is 6.01. The van der Waals surface area contributed by atoms with Crippen LogP contribution in [0.2, 0.25) is 0 Å². The van der Waals surface area contributed by atoms with Crippen molar-refractivity contribution in [2.24, 2.45) is 0 Å². The zero-order chi connectivity index (χ0) is 20.9. The molecule has 2 fully saturated rings. The van der Waals surface area contributed by atoms with Crippen LogP contribution in [-0.2, 0) is 4.79 Å². The number of amides is 2. The molecule has 2 amide bonds. The second kappa shape index (κ2) is 6.95. The number of rotatable bonds is 5. The molecule has 7 nitrogen and oxygen atoms in total. The van der Waals surface area contributed by atoms with Gasteiger partial charge in [0.1, 0.15) is 11.2 Å². The number of aliphatic hydroxyl groups excluding tert-OH is 1. The Labute approximate surface area is 174 Å². The number of nitrogens with zero attached hydrogens (tertiary/aromatic N) is 2. The number of hydrogen-bond donors (Lipinski definition) is 3. The van der Waals surface area contributed by atoms with E-state index in [-0.39, 0.29) is 11.8 Å². The molecule has 0 aromatic carbocycles. The van der Waals surface area contributed by atoms with Crippen molar-refractivity contribution >= 4 is 17.3 Å². The summed E-state index contributed by atoms with van der Waals surface area (Å²) >= 11 is 0. The summed E-state index contributed by atoms with van der Waals surface area (Å²) in [5.74, 6) is 0.0892. The summed E-state index contributed by atoms with van der Waals surface area (Å²) in [6.45, 7) is 1.90. The predicted molar refractivity (Wildman–Crippen MR) is 111 cm³/mol. The Balaban J connectivity index is 1.46. The van der Waals surface area contributed by atoms with Crippen molar-refractivity contribution in [1.29, 1.82) is 0 Å². The van der Waals surface area contributed by atoms with E-state index in [1.165, 1.54) is 5.56 Å². The first-order chi connectivity index (χ1) is 14.5. The van der Waals surface area contributed by atoms with Gasteiger partial charge in [0.25, 0.3) is 5.91 Å². The van der Waals surface area contributed by atoms with Crippen molar-refractivity contribution in [3.63, 3.8) is 0 Å². The molecule has 1 saturated carbocycles. The average molecular weight is 404 g/mol. The molecule has 1 aliphatic heterocycles. The SMILES string of the molecule is Cc1cc2ccc(C3CC3c3ccccn3)cn2c1C(=O)NC1(CO)CCNC1=O. The summed E-state index contributed by atoms with van der Waals surface area (Å²) in [6, 6.07) is 12.1. The Kier molecular flexibility index (Phi) is 4.36. The van der Waals surface area contributed by atoms with Crippen LogP contribution >= 0.6 is 0 Å². The molecule has 0 bridgehead atoms. The quantitative estimate of drug-likeness (QED) is 0.605. The van der Waals surface area contributed by atoms with Crippen LogP contribution in [0.4, 0.5) is 0 Å². The van der Waals surface area contributed by atoms with Gasteiger partial charge in [0.05, 0.1) is 6.61 Å². The fraction of sp³-hybridized carbons (Fsp3) is 0.348. The molecule has 3 aromatic heterocycles. The van der Waals surface area contributed by atoms with Gasteiger partial charge >= 0.3 is 0 Å². The van der Waals surface area contributed by atoms with Crippen molar-refractivity contribution in [1.82, 2.24) is 20.0 Å². The summed E-state index contributed by atoms with van der Waals surface area (Å²) in [6.07, 6.45) is 5.25. The van der Waals surface area contributed by atoms with Crippen molar-refractivity contribution in [3.8, 4) is 0 Å². The molecule has 5 rings (SSSR count). The first kappa shape index (κ1) is 18.8. The third kappa shape index (κ3) is 2.97. The molecule has 0 radical (unpaired) electrons. The van der Waals surface area contributed by atoms with Gasteiger partial charge < -0.3 is 20.1 Å². The van der Waals surface area contributed by atoms with Gasteiger partial charge in [0.15, 0.2) is 0 Å². The van der Waals surface area contributed by atoms with Gasteiger partial charge in [-0.25, -0.2) is 0 Å². The van der Waals surface area contributed by atoms with Gasteiger partial charge in [-0.3, -0.25) is 14.6 Å². The smallest absolute Gasteiger partial charge is 0.269 e. The van der Waals surface area contributed by atoms with E-state index in [9.17, 15) is 14.7 Å². The molecule has 1 saturated heterocycles. The highest BCUT2D eigenvalue weighted by Gasteiger charge is 2.44. The second-order valence-electron chi connectivity index (χ2n) is 8.34. The van der Waals surface area contributed by atoms with Crippen LogP contribution < -0.4 is 10.6 Å². The van der Waals surface area contributed by atoms with Crippen LogP contribution in [0.15, 0.2) is 48.8 Å². The summed E-state index contributed by atoms with van der Waals surface area (Å²) in [5.41, 5.74) is 3.25. The summed E-state index contributed by atoms with van der Waals surface area (Å²) in [7, 11) is 0. The van der Waals surface area contributed by atoms with Crippen molar-refractivity contribution in [2.75, 3.05) is 13.2 Å². The average Bonchev–Trinajstić information content (AvgIpc) is 3.38. The highest BCUT2D eigenvalue weighted by atomic mass is 16.3. The molecule has 154 valence electrons. The zero-order valence-electron chi connectivity index (χ0n) is 16.8. The lowest BCUT2D eigenvalue weighted by Crippen LogP contribution is -2.56. The number of aliphatic hydroxyl groups is 1. The van der Waals surface area contributed by atoms with Crippen molar-refractivity contribution in [3.05, 3.63) is 71.3 Å². The third-order valence-corrected chi connectivity index (χ3v) is 6.38. The second-order valence-corrected chi connectivity index (χ2v) is 8.34. The van der Waals surface area contributed by atoms with E-state index in [1.54, 1.807) is 0 Å². The lowest BCUT2D eigenvalue weighted by atomic mass is 9.98. The maximum atomic E-state index is 13.2. The van der Waals surface area contributed by atoms with Gasteiger partial charge in [-0.2, -0.15) is 0 Å². The Morgan fingerprint density at radius 1 is 1.33 bits per heavy atom. The Morgan fingerprint density at radius 3 is 2.90 bits per heavy atom. The molecular formula is C23H24N4O3. The number of nitrogens with one attached hydrogen (secondary N) is 2. The molecule has 0 spiro atoms. The summed E-state index contributed by atoms with van der Waals surface area (Å²) < 4.78 is 1.89. The van der Waals surface area contributed by atoms with E-state index in [0.29, 0.717) is 30.5 Å². The van der Waals surface area contributed by atoms with Gasteiger partial charge in [0.2, 0.25) is 5.91 Å². The molecule has 1 aliphatic carbocycles. The first-order valence-electron chi connectivity index (χ1n) is 10.3. The van der Waals surface area contributed by atoms with E-state index in [0.717, 1.165) is 23.2 Å². The number of aryl methyl sites for hydroxylation is 1. The van der Waals surface area contributed by atoms with E-state index < -0.39 is 12.1 Å².